The molecular formula is C21H25ClN2O2. The van der Waals surface area contributed by atoms with Crippen LogP contribution in [0, 0.1) is 0 Å². The lowest BCUT2D eigenvalue weighted by molar-refractivity contribution is -0.131. The molecule has 0 bridgehead atoms. The summed E-state index contributed by atoms with van der Waals surface area (Å²) in [4.78, 5) is 25.0. The van der Waals surface area contributed by atoms with Crippen molar-refractivity contribution in [2.75, 3.05) is 6.54 Å². The van der Waals surface area contributed by atoms with Gasteiger partial charge < -0.3 is 10.2 Å². The molecule has 0 radical (unpaired) electrons. The molecule has 1 fully saturated rings. The van der Waals surface area contributed by atoms with Crippen molar-refractivity contribution >= 4 is 29.5 Å². The zero-order valence-electron chi connectivity index (χ0n) is 15.2. The van der Waals surface area contributed by atoms with E-state index in [-0.39, 0.29) is 18.0 Å². The van der Waals surface area contributed by atoms with Gasteiger partial charge in [0.15, 0.2) is 0 Å². The minimum absolute atomic E-state index is 0.102. The Kier molecular flexibility index (Phi) is 7.22. The Morgan fingerprint density at radius 2 is 2.08 bits per heavy atom. The van der Waals surface area contributed by atoms with Crippen molar-refractivity contribution in [1.29, 1.82) is 0 Å². The fourth-order valence-corrected chi connectivity index (χ4v) is 3.30. The second-order valence-corrected chi connectivity index (χ2v) is 6.71. The molecule has 1 aliphatic heterocycles. The average molecular weight is 373 g/mol. The van der Waals surface area contributed by atoms with Crippen molar-refractivity contribution in [3.63, 3.8) is 0 Å². The van der Waals surface area contributed by atoms with E-state index in [1.54, 1.807) is 11.0 Å². The van der Waals surface area contributed by atoms with Crippen LogP contribution in [0.5, 0.6) is 0 Å². The standard InChI is InChI=1S/C21H25ClN2O2/c1-4-7-18(19(22)5-2)17-11-9-16(10-12-17)15(3)23-21(26)20-8-6-13-24(20)14-25/h4-5,7,9-12,14-15,20H,1,6,8,13H2,2-3H3,(H,23,26)/b18-7-,19-5+. The molecule has 2 amide bonds. The number of rotatable bonds is 7. The van der Waals surface area contributed by atoms with Crippen molar-refractivity contribution < 1.29 is 9.59 Å². The van der Waals surface area contributed by atoms with Gasteiger partial charge in [0.25, 0.3) is 0 Å². The van der Waals surface area contributed by atoms with Crippen molar-refractivity contribution in [3.05, 3.63) is 65.2 Å². The zero-order chi connectivity index (χ0) is 19.1. The van der Waals surface area contributed by atoms with E-state index in [0.29, 0.717) is 18.0 Å². The highest BCUT2D eigenvalue weighted by molar-refractivity contribution is 6.37. The van der Waals surface area contributed by atoms with E-state index >= 15 is 0 Å². The number of halogens is 1. The lowest BCUT2D eigenvalue weighted by Gasteiger charge is -2.22. The molecule has 138 valence electrons. The molecule has 1 heterocycles. The molecule has 1 aliphatic rings. The summed E-state index contributed by atoms with van der Waals surface area (Å²) >= 11 is 6.27. The Morgan fingerprint density at radius 3 is 2.65 bits per heavy atom. The first kappa shape index (κ1) is 20.0. The van der Waals surface area contributed by atoms with Gasteiger partial charge in [-0.15, -0.1) is 0 Å². The second kappa shape index (κ2) is 9.39. The van der Waals surface area contributed by atoms with Crippen LogP contribution in [0.3, 0.4) is 0 Å². The lowest BCUT2D eigenvalue weighted by atomic mass is 10.00. The van der Waals surface area contributed by atoms with Gasteiger partial charge in [0.2, 0.25) is 12.3 Å². The molecule has 2 unspecified atom stereocenters. The molecule has 1 aromatic carbocycles. The first-order chi connectivity index (χ1) is 12.5. The maximum atomic E-state index is 12.4. The van der Waals surface area contributed by atoms with Crippen LogP contribution in [0.4, 0.5) is 0 Å². The summed E-state index contributed by atoms with van der Waals surface area (Å²) in [5.41, 5.74) is 2.88. The Bertz CT molecular complexity index is 722. The molecule has 5 heteroatoms. The summed E-state index contributed by atoms with van der Waals surface area (Å²) in [5, 5.41) is 3.66. The zero-order valence-corrected chi connectivity index (χ0v) is 16.0. The summed E-state index contributed by atoms with van der Waals surface area (Å²) in [6.07, 6.45) is 7.76. The van der Waals surface area contributed by atoms with E-state index in [2.05, 4.69) is 11.9 Å². The quantitative estimate of drug-likeness (QED) is 0.576. The SMILES string of the molecule is C=C/C=C(\C(Cl)=C/C)c1ccc(C(C)NC(=O)C2CCCN2C=O)cc1. The van der Waals surface area contributed by atoms with E-state index in [9.17, 15) is 9.59 Å². The van der Waals surface area contributed by atoms with Crippen molar-refractivity contribution in [3.8, 4) is 0 Å². The number of hydrogen-bond acceptors (Lipinski definition) is 2. The van der Waals surface area contributed by atoms with E-state index in [0.717, 1.165) is 29.5 Å². The summed E-state index contributed by atoms with van der Waals surface area (Å²) < 4.78 is 0. The first-order valence-corrected chi connectivity index (χ1v) is 9.16. The molecule has 0 aliphatic carbocycles. The molecule has 26 heavy (non-hydrogen) atoms. The van der Waals surface area contributed by atoms with Crippen LogP contribution in [0.2, 0.25) is 0 Å². The van der Waals surface area contributed by atoms with Crippen LogP contribution in [0.1, 0.15) is 43.9 Å². The van der Waals surface area contributed by atoms with Gasteiger partial charge in [-0.2, -0.15) is 0 Å². The number of benzene rings is 1. The van der Waals surface area contributed by atoms with E-state index in [1.165, 1.54) is 0 Å². The van der Waals surface area contributed by atoms with Crippen LogP contribution in [-0.4, -0.2) is 29.8 Å². The Labute approximate surface area is 160 Å². The number of nitrogens with zero attached hydrogens (tertiary/aromatic N) is 1. The highest BCUT2D eigenvalue weighted by Gasteiger charge is 2.30. The summed E-state index contributed by atoms with van der Waals surface area (Å²) in [5.74, 6) is -0.102. The predicted molar refractivity (Wildman–Crippen MR) is 107 cm³/mol. The summed E-state index contributed by atoms with van der Waals surface area (Å²) in [6, 6.07) is 7.41. The van der Waals surface area contributed by atoms with Gasteiger partial charge in [0.05, 0.1) is 6.04 Å². The molecule has 1 aromatic rings. The van der Waals surface area contributed by atoms with E-state index < -0.39 is 0 Å². The third-order valence-electron chi connectivity index (χ3n) is 4.61. The van der Waals surface area contributed by atoms with Gasteiger partial charge in [0.1, 0.15) is 6.04 Å². The number of allylic oxidation sites excluding steroid dienone is 5. The number of nitrogens with one attached hydrogen (secondary N) is 1. The Balaban J connectivity index is 2.10. The van der Waals surface area contributed by atoms with Crippen LogP contribution < -0.4 is 5.32 Å². The summed E-state index contributed by atoms with van der Waals surface area (Å²) in [6.45, 7) is 8.20. The topological polar surface area (TPSA) is 49.4 Å². The number of carbonyl (C=O) groups is 2. The summed E-state index contributed by atoms with van der Waals surface area (Å²) in [7, 11) is 0. The molecule has 4 nitrogen and oxygen atoms in total. The fraction of sp³-hybridized carbons (Fsp3) is 0.333. The molecule has 2 rings (SSSR count). The van der Waals surface area contributed by atoms with Crippen LogP contribution in [-0.2, 0) is 9.59 Å². The second-order valence-electron chi connectivity index (χ2n) is 6.31. The molecule has 0 saturated carbocycles. The largest absolute Gasteiger partial charge is 0.348 e. The van der Waals surface area contributed by atoms with Gasteiger partial charge in [-0.25, -0.2) is 0 Å². The predicted octanol–water partition coefficient (Wildman–Crippen LogP) is 4.20. The molecule has 0 spiro atoms. The third-order valence-corrected chi connectivity index (χ3v) is 5.03. The van der Waals surface area contributed by atoms with Crippen LogP contribution >= 0.6 is 11.6 Å². The van der Waals surface area contributed by atoms with Gasteiger partial charge in [-0.05, 0) is 43.4 Å². The highest BCUT2D eigenvalue weighted by Crippen LogP contribution is 2.27. The maximum absolute atomic E-state index is 12.4. The molecule has 1 saturated heterocycles. The Hall–Kier alpha value is -2.33. The number of carbonyl (C=O) groups excluding carboxylic acids is 2. The van der Waals surface area contributed by atoms with E-state index in [1.807, 2.05) is 50.3 Å². The number of likely N-dealkylation sites (tertiary alicyclic amines) is 1. The molecule has 2 atom stereocenters. The lowest BCUT2D eigenvalue weighted by Crippen LogP contribution is -2.43. The van der Waals surface area contributed by atoms with Gasteiger partial charge >= 0.3 is 0 Å². The normalized spacial score (nSPS) is 19.2. The average Bonchev–Trinajstić information content (AvgIpc) is 3.14. The number of amides is 2. The van der Waals surface area contributed by atoms with Crippen LogP contribution in [0.25, 0.3) is 5.57 Å². The molecule has 0 aromatic heterocycles. The van der Waals surface area contributed by atoms with Crippen LogP contribution in [0.15, 0.2) is 54.1 Å². The van der Waals surface area contributed by atoms with Crippen molar-refractivity contribution in [1.82, 2.24) is 10.2 Å². The third kappa shape index (κ3) is 4.64. The molecule has 1 N–H and O–H groups in total. The van der Waals surface area contributed by atoms with Crippen molar-refractivity contribution in [2.24, 2.45) is 0 Å². The minimum Gasteiger partial charge on any atom is -0.348 e. The van der Waals surface area contributed by atoms with Gasteiger partial charge in [-0.1, -0.05) is 60.7 Å². The van der Waals surface area contributed by atoms with Gasteiger partial charge in [-0.3, -0.25) is 9.59 Å². The highest BCUT2D eigenvalue weighted by atomic mass is 35.5. The molecular weight excluding hydrogens is 348 g/mol. The van der Waals surface area contributed by atoms with Crippen molar-refractivity contribution in [2.45, 2.75) is 38.8 Å². The van der Waals surface area contributed by atoms with Gasteiger partial charge in [0, 0.05) is 11.6 Å². The number of hydrogen-bond donors (Lipinski definition) is 1. The monoisotopic (exact) mass is 372 g/mol. The smallest absolute Gasteiger partial charge is 0.243 e. The van der Waals surface area contributed by atoms with E-state index in [4.69, 9.17) is 11.6 Å². The first-order valence-electron chi connectivity index (χ1n) is 8.78. The fourth-order valence-electron chi connectivity index (χ4n) is 3.13. The maximum Gasteiger partial charge on any atom is 0.243 e. The Morgan fingerprint density at radius 1 is 1.38 bits per heavy atom. The minimum atomic E-state index is -0.357.